The van der Waals surface area contributed by atoms with E-state index in [9.17, 15) is 9.59 Å². The fourth-order valence-corrected chi connectivity index (χ4v) is 2.87. The number of carboxylic acid groups (broad SMARTS) is 1. The number of aliphatic carboxylic acids is 1. The Morgan fingerprint density at radius 1 is 1.32 bits per heavy atom. The van der Waals surface area contributed by atoms with E-state index in [0.29, 0.717) is 19.5 Å². The average Bonchev–Trinajstić information content (AvgIpc) is 2.36. The van der Waals surface area contributed by atoms with Crippen LogP contribution in [0.25, 0.3) is 0 Å². The zero-order chi connectivity index (χ0) is 14.3. The third-order valence-corrected chi connectivity index (χ3v) is 4.13. The topological polar surface area (TPSA) is 92.4 Å². The van der Waals surface area contributed by atoms with Crippen LogP contribution in [0.15, 0.2) is 0 Å². The van der Waals surface area contributed by atoms with Crippen molar-refractivity contribution in [2.24, 2.45) is 17.1 Å². The average molecular weight is 270 g/mol. The minimum absolute atomic E-state index is 0.0132. The first kappa shape index (κ1) is 16.0. The highest BCUT2D eigenvalue weighted by molar-refractivity contribution is 5.78. The van der Waals surface area contributed by atoms with Gasteiger partial charge in [-0.15, -0.1) is 0 Å². The molecule has 1 aliphatic rings. The van der Waals surface area contributed by atoms with Crippen LogP contribution >= 0.6 is 0 Å². The first-order valence-electron chi connectivity index (χ1n) is 7.19. The fourth-order valence-electron chi connectivity index (χ4n) is 2.87. The fraction of sp³-hybridized carbons (Fsp3) is 0.857. The number of nitrogens with one attached hydrogen (secondary N) is 1. The van der Waals surface area contributed by atoms with Gasteiger partial charge in [0.2, 0.25) is 5.91 Å². The molecule has 1 atom stereocenters. The highest BCUT2D eigenvalue weighted by atomic mass is 16.4. The largest absolute Gasteiger partial charge is 0.481 e. The molecule has 5 nitrogen and oxygen atoms in total. The SMILES string of the molecule is CC(CCN)C(=O)NCC1(CC(=O)O)CCCCC1. The van der Waals surface area contributed by atoms with Crippen LogP contribution in [0.4, 0.5) is 0 Å². The molecule has 0 aromatic carbocycles. The molecule has 110 valence electrons. The number of carbonyl (C=O) groups is 2. The van der Waals surface area contributed by atoms with Crippen LogP contribution in [0.5, 0.6) is 0 Å². The summed E-state index contributed by atoms with van der Waals surface area (Å²) in [7, 11) is 0. The molecule has 0 saturated heterocycles. The molecule has 1 unspecified atom stereocenters. The minimum Gasteiger partial charge on any atom is -0.481 e. The maximum absolute atomic E-state index is 11.9. The van der Waals surface area contributed by atoms with Gasteiger partial charge in [-0.05, 0) is 31.2 Å². The summed E-state index contributed by atoms with van der Waals surface area (Å²) < 4.78 is 0. The second kappa shape index (κ2) is 7.48. The first-order valence-corrected chi connectivity index (χ1v) is 7.19. The Balaban J connectivity index is 2.53. The Morgan fingerprint density at radius 3 is 2.47 bits per heavy atom. The van der Waals surface area contributed by atoms with E-state index >= 15 is 0 Å². The van der Waals surface area contributed by atoms with Crippen molar-refractivity contribution in [1.29, 1.82) is 0 Å². The summed E-state index contributed by atoms with van der Waals surface area (Å²) in [6.07, 6.45) is 5.88. The molecule has 1 aliphatic carbocycles. The van der Waals surface area contributed by atoms with Crippen LogP contribution in [-0.2, 0) is 9.59 Å². The van der Waals surface area contributed by atoms with Crippen molar-refractivity contribution >= 4 is 11.9 Å². The monoisotopic (exact) mass is 270 g/mol. The van der Waals surface area contributed by atoms with Crippen LogP contribution < -0.4 is 11.1 Å². The third-order valence-electron chi connectivity index (χ3n) is 4.13. The standard InChI is InChI=1S/C14H26N2O3/c1-11(5-8-15)13(19)16-10-14(9-12(17)18)6-3-2-4-7-14/h11H,2-10,15H2,1H3,(H,16,19)(H,17,18). The van der Waals surface area contributed by atoms with Crippen molar-refractivity contribution in [2.45, 2.75) is 51.9 Å². The van der Waals surface area contributed by atoms with Crippen molar-refractivity contribution < 1.29 is 14.7 Å². The van der Waals surface area contributed by atoms with Gasteiger partial charge in [-0.25, -0.2) is 0 Å². The molecule has 1 amide bonds. The highest BCUT2D eigenvalue weighted by Gasteiger charge is 2.34. The van der Waals surface area contributed by atoms with Crippen molar-refractivity contribution in [3.05, 3.63) is 0 Å². The Kier molecular flexibility index (Phi) is 6.28. The van der Waals surface area contributed by atoms with E-state index in [1.54, 1.807) is 0 Å². The van der Waals surface area contributed by atoms with Gasteiger partial charge in [-0.3, -0.25) is 9.59 Å². The van der Waals surface area contributed by atoms with E-state index < -0.39 is 5.97 Å². The Hall–Kier alpha value is -1.10. The number of nitrogens with two attached hydrogens (primary N) is 1. The van der Waals surface area contributed by atoms with Crippen LogP contribution in [0, 0.1) is 11.3 Å². The first-order chi connectivity index (χ1) is 8.99. The van der Waals surface area contributed by atoms with Crippen LogP contribution in [0.3, 0.4) is 0 Å². The molecule has 0 spiro atoms. The second-order valence-electron chi connectivity index (χ2n) is 5.83. The van der Waals surface area contributed by atoms with E-state index in [4.69, 9.17) is 10.8 Å². The molecule has 1 fully saturated rings. The molecule has 0 bridgehead atoms. The molecule has 0 aromatic heterocycles. The Labute approximate surface area is 114 Å². The second-order valence-corrected chi connectivity index (χ2v) is 5.83. The van der Waals surface area contributed by atoms with Gasteiger partial charge in [-0.1, -0.05) is 26.2 Å². The van der Waals surface area contributed by atoms with Crippen molar-refractivity contribution in [2.75, 3.05) is 13.1 Å². The van der Waals surface area contributed by atoms with Crippen LogP contribution in [0.2, 0.25) is 0 Å². The van der Waals surface area contributed by atoms with Crippen molar-refractivity contribution in [1.82, 2.24) is 5.32 Å². The molecule has 0 aliphatic heterocycles. The summed E-state index contributed by atoms with van der Waals surface area (Å²) in [5, 5.41) is 12.0. The number of carbonyl (C=O) groups excluding carboxylic acids is 1. The molecular formula is C14H26N2O3. The maximum atomic E-state index is 11.9. The molecule has 0 heterocycles. The Morgan fingerprint density at radius 2 is 1.95 bits per heavy atom. The third kappa shape index (κ3) is 5.19. The van der Waals surface area contributed by atoms with E-state index in [1.807, 2.05) is 6.92 Å². The zero-order valence-corrected chi connectivity index (χ0v) is 11.8. The van der Waals surface area contributed by atoms with Gasteiger partial charge < -0.3 is 16.2 Å². The zero-order valence-electron chi connectivity index (χ0n) is 11.8. The predicted molar refractivity (Wildman–Crippen MR) is 73.6 cm³/mol. The van der Waals surface area contributed by atoms with E-state index in [1.165, 1.54) is 6.42 Å². The smallest absolute Gasteiger partial charge is 0.303 e. The van der Waals surface area contributed by atoms with Crippen molar-refractivity contribution in [3.63, 3.8) is 0 Å². The predicted octanol–water partition coefficient (Wildman–Crippen LogP) is 1.51. The van der Waals surface area contributed by atoms with E-state index in [2.05, 4.69) is 5.32 Å². The van der Waals surface area contributed by atoms with Crippen LogP contribution in [0.1, 0.15) is 51.9 Å². The van der Waals surface area contributed by atoms with Crippen molar-refractivity contribution in [3.8, 4) is 0 Å². The van der Waals surface area contributed by atoms with Crippen LogP contribution in [-0.4, -0.2) is 30.1 Å². The molecule has 0 aromatic rings. The summed E-state index contributed by atoms with van der Waals surface area (Å²) in [6.45, 7) is 2.83. The molecule has 19 heavy (non-hydrogen) atoms. The van der Waals surface area contributed by atoms with Gasteiger partial charge in [-0.2, -0.15) is 0 Å². The number of amides is 1. The summed E-state index contributed by atoms with van der Waals surface area (Å²) >= 11 is 0. The number of hydrogen-bond donors (Lipinski definition) is 3. The summed E-state index contributed by atoms with van der Waals surface area (Å²) in [5.41, 5.74) is 5.19. The maximum Gasteiger partial charge on any atom is 0.303 e. The van der Waals surface area contributed by atoms with E-state index in [-0.39, 0.29) is 23.7 Å². The minimum atomic E-state index is -0.772. The number of hydrogen-bond acceptors (Lipinski definition) is 3. The van der Waals surface area contributed by atoms with Gasteiger partial charge >= 0.3 is 5.97 Å². The van der Waals surface area contributed by atoms with E-state index in [0.717, 1.165) is 25.7 Å². The molecule has 1 rings (SSSR count). The lowest BCUT2D eigenvalue weighted by Crippen LogP contribution is -2.42. The normalized spacial score (nSPS) is 19.7. The molecule has 5 heteroatoms. The molecular weight excluding hydrogens is 244 g/mol. The van der Waals surface area contributed by atoms with Gasteiger partial charge in [0.05, 0.1) is 6.42 Å². The lowest BCUT2D eigenvalue weighted by Gasteiger charge is -2.36. The van der Waals surface area contributed by atoms with Gasteiger partial charge in [0, 0.05) is 12.5 Å². The molecule has 1 saturated carbocycles. The van der Waals surface area contributed by atoms with Gasteiger partial charge in [0.1, 0.15) is 0 Å². The van der Waals surface area contributed by atoms with Gasteiger partial charge in [0.15, 0.2) is 0 Å². The highest BCUT2D eigenvalue weighted by Crippen LogP contribution is 2.38. The quantitative estimate of drug-likeness (QED) is 0.654. The summed E-state index contributed by atoms with van der Waals surface area (Å²) in [4.78, 5) is 22.9. The van der Waals surface area contributed by atoms with Gasteiger partial charge in [0.25, 0.3) is 0 Å². The summed E-state index contributed by atoms with van der Waals surface area (Å²) in [5.74, 6) is -0.887. The number of carboxylic acids is 1. The lowest BCUT2D eigenvalue weighted by molar-refractivity contribution is -0.141. The summed E-state index contributed by atoms with van der Waals surface area (Å²) in [6, 6.07) is 0. The Bertz CT molecular complexity index is 312. The number of rotatable bonds is 7. The molecule has 0 radical (unpaired) electrons. The lowest BCUT2D eigenvalue weighted by atomic mass is 9.71. The molecule has 4 N–H and O–H groups in total.